The molecule has 13 unspecified atom stereocenters. The Hall–Kier alpha value is -9.74. The number of nitrogens with zero attached hydrogens (tertiary/aromatic N) is 25. The Balaban J connectivity index is 0.000000190. The van der Waals surface area contributed by atoms with Gasteiger partial charge >= 0.3 is 72.4 Å². The minimum atomic E-state index is -1.56. The van der Waals surface area contributed by atoms with Crippen LogP contribution in [0.3, 0.4) is 0 Å². The number of carbonyl (C=O) groups excluding carboxylic acids is 12. The summed E-state index contributed by atoms with van der Waals surface area (Å²) in [6, 6.07) is -2.01. The Labute approximate surface area is 604 Å². The van der Waals surface area contributed by atoms with Crippen LogP contribution in [-0.4, -0.2) is 388 Å². The second-order valence-electron chi connectivity index (χ2n) is 32.4. The van der Waals surface area contributed by atoms with Crippen LogP contribution in [0.4, 0.5) is 57.5 Å². The van der Waals surface area contributed by atoms with Crippen LogP contribution in [0.5, 0.6) is 0 Å². The van der Waals surface area contributed by atoms with E-state index in [1.807, 2.05) is 24.3 Å². The number of amides is 24. The number of benzene rings is 1. The lowest BCUT2D eigenvalue weighted by Gasteiger charge is -2.43. The number of urea groups is 12. The fourth-order valence-electron chi connectivity index (χ4n) is 21.2. The SMILES string of the molecule is C1CCCC1.C[N+](C)(C)CC1CCCC1.NCc1ccc(CN)cc1.O=C1N2CN3C(=O)N4CN5C(=O)N6CN7C(=O)N8CN9C(=O)N%10CN%11C(=O)N%12CN1C1C2N2CN%13C(=O)N(CN%14C(=O)N(CN%15C(=O)N(C%16C8C%167%15)N7C(=O)N(CN8C(=O)N(CN1C2=O)C%12C%118)C%10C97)C6C5%14)C4C3%13.[NH3+]CCCCCC[NH3+]. The summed E-state index contributed by atoms with van der Waals surface area (Å²) < 4.78 is 1.14. The van der Waals surface area contributed by atoms with E-state index in [9.17, 15) is 0 Å². The largest absolute Gasteiger partial charge is 0.358 e. The smallest absolute Gasteiger partial charge is 0.344 e. The van der Waals surface area contributed by atoms with E-state index in [0.717, 1.165) is 34.6 Å². The third-order valence-electron chi connectivity index (χ3n) is 25.8. The molecule has 564 valence electrons. The van der Waals surface area contributed by atoms with Gasteiger partial charge in [-0.05, 0) is 49.7 Å². The van der Waals surface area contributed by atoms with Crippen molar-refractivity contribution in [3.63, 3.8) is 0 Å². The van der Waals surface area contributed by atoms with Crippen LogP contribution in [0, 0.1) is 5.92 Å². The monoisotopic (exact) mass is 1460 g/mol. The molecule has 19 saturated heterocycles. The lowest BCUT2D eigenvalue weighted by molar-refractivity contribution is -0.873. The normalized spacial score (nSPS) is 34.2. The summed E-state index contributed by atoms with van der Waals surface area (Å²) >= 11 is 0. The predicted octanol–water partition coefficient (Wildman–Crippen LogP) is -2.44. The molecule has 24 amide bonds. The highest BCUT2D eigenvalue weighted by Gasteiger charge is 2.92. The van der Waals surface area contributed by atoms with Gasteiger partial charge in [-0.25, -0.2) is 67.6 Å². The van der Waals surface area contributed by atoms with Crippen molar-refractivity contribution in [1.82, 2.24) is 118 Å². The summed E-state index contributed by atoms with van der Waals surface area (Å²) in [5.41, 5.74) is 19.1. The third-order valence-corrected chi connectivity index (χ3v) is 25.8. The topological polar surface area (TPSA) is 390 Å². The molecule has 10 N–H and O–H groups in total. The molecule has 0 radical (unpaired) electrons. The van der Waals surface area contributed by atoms with E-state index in [0.29, 0.717) is 13.1 Å². The van der Waals surface area contributed by atoms with Crippen LogP contribution >= 0.6 is 0 Å². The molecular formula is C64H94N29O12+3. The van der Waals surface area contributed by atoms with Gasteiger partial charge < -0.3 is 27.4 Å². The standard InChI is InChI=1S/C36H34N24O12.C9H20N.C8H12N2.C6H16N2.C5H10/c61-24-38-2-41-16-17-46(26(41)63)6-49-20-21-55(31(49)68)10-57-33(70)37-1-54-23-22-52(30(54)67)8-48-19-18-44(28(48)65)4-40(24)15-14(38)39-3-42(16)27(64)47(17)7-50(20)32(69)56(21)11-58-35(72)59(13-12(37)36(13,57)58)60(23)34(71)53(22)9-51(19)29(66)45(18)5-43(15)25(39)62;1-10(2,3)8-9-6-4-5-7-9;9-5-7-1-2-8(6-10)4-3-7;7-5-3-1-2-4-6-8;1-2-4-5-3-1/h12-23H,1-11H2;9H,4-8H2,1-3H3;1-4H,5-6,9-10H2;1-8H2;1-5H2/q;+1;;;/p+2. The molecular weight excluding hydrogens is 1370 g/mol. The van der Waals surface area contributed by atoms with Crippen molar-refractivity contribution in [2.75, 3.05) is 114 Å². The molecule has 22 fully saturated rings. The van der Waals surface area contributed by atoms with Gasteiger partial charge in [-0.15, -0.1) is 0 Å². The van der Waals surface area contributed by atoms with Gasteiger partial charge in [0, 0.05) is 19.0 Å². The first-order valence-corrected chi connectivity index (χ1v) is 37.4. The Bertz CT molecular complexity index is 3900. The average Bonchev–Trinajstić information content (AvgIpc) is 1.44. The minimum Gasteiger partial charge on any atom is -0.358 e. The van der Waals surface area contributed by atoms with E-state index in [1.54, 1.807) is 0 Å². The molecule has 22 aliphatic rings. The molecule has 13 atom stereocenters. The van der Waals surface area contributed by atoms with Crippen molar-refractivity contribution < 1.29 is 73.5 Å². The zero-order chi connectivity index (χ0) is 72.8. The molecule has 1 aromatic rings. The molecule has 19 heterocycles. The van der Waals surface area contributed by atoms with E-state index >= 15 is 57.5 Å². The summed E-state index contributed by atoms with van der Waals surface area (Å²) in [7, 11) is 6.87. The fraction of sp³-hybridized carbons (Fsp3) is 0.719. The zero-order valence-corrected chi connectivity index (χ0v) is 59.5. The maximum atomic E-state index is 15.5. The van der Waals surface area contributed by atoms with Crippen LogP contribution in [0.25, 0.3) is 0 Å². The number of hydrogen-bond donors (Lipinski definition) is 4. The Kier molecular flexibility index (Phi) is 14.5. The quantitative estimate of drug-likeness (QED) is 0.148. The predicted molar refractivity (Wildman–Crippen MR) is 355 cm³/mol. The van der Waals surface area contributed by atoms with Gasteiger partial charge in [0.2, 0.25) is 0 Å². The summed E-state index contributed by atoms with van der Waals surface area (Å²) in [5.74, 6) is 1.03. The minimum absolute atomic E-state index is 0.388. The highest BCUT2D eigenvalue weighted by molar-refractivity contribution is 5.97. The summed E-state index contributed by atoms with van der Waals surface area (Å²) in [6.07, 6.45) is 6.83. The first-order chi connectivity index (χ1) is 50.6. The summed E-state index contributed by atoms with van der Waals surface area (Å²) in [4.78, 5) is 212. The van der Waals surface area contributed by atoms with Crippen LogP contribution < -0.4 is 22.9 Å². The van der Waals surface area contributed by atoms with Gasteiger partial charge in [0.1, 0.15) is 85.4 Å². The maximum Gasteiger partial charge on any atom is 0.344 e. The average molecular weight is 1460 g/mol. The second kappa shape index (κ2) is 23.1. The molecule has 1 aromatic carbocycles. The van der Waals surface area contributed by atoms with Gasteiger partial charge in [-0.1, -0.05) is 69.2 Å². The highest BCUT2D eigenvalue weighted by Crippen LogP contribution is 2.65. The molecule has 105 heavy (non-hydrogen) atoms. The van der Waals surface area contributed by atoms with Gasteiger partial charge in [0.15, 0.2) is 67.3 Å². The van der Waals surface area contributed by atoms with Crippen molar-refractivity contribution in [2.45, 2.75) is 176 Å². The number of carbonyl (C=O) groups is 12. The lowest BCUT2D eigenvalue weighted by atomic mass is 10.1. The van der Waals surface area contributed by atoms with Crippen LogP contribution in [0.1, 0.15) is 94.6 Å². The lowest BCUT2D eigenvalue weighted by Crippen LogP contribution is -2.65. The number of hydrogen-bond acceptors (Lipinski definition) is 14. The van der Waals surface area contributed by atoms with Crippen molar-refractivity contribution in [3.05, 3.63) is 35.4 Å². The molecule has 41 heteroatoms. The maximum absolute atomic E-state index is 15.5. The van der Waals surface area contributed by atoms with Gasteiger partial charge in [0.25, 0.3) is 0 Å². The zero-order valence-electron chi connectivity index (χ0n) is 59.5. The number of quaternary nitrogens is 3. The molecule has 41 nitrogen and oxygen atoms in total. The Morgan fingerprint density at radius 3 is 0.886 bits per heavy atom. The van der Waals surface area contributed by atoms with Crippen molar-refractivity contribution in [3.8, 4) is 0 Å². The van der Waals surface area contributed by atoms with Gasteiger partial charge in [0.05, 0.1) is 40.8 Å². The van der Waals surface area contributed by atoms with E-state index in [2.05, 4.69) is 32.6 Å². The van der Waals surface area contributed by atoms with E-state index in [1.165, 1.54) is 208 Å². The fourth-order valence-corrected chi connectivity index (χ4v) is 21.2. The molecule has 3 saturated carbocycles. The molecule has 3 aliphatic carbocycles. The van der Waals surface area contributed by atoms with E-state index in [-0.39, 0.29) is 6.67 Å². The van der Waals surface area contributed by atoms with E-state index < -0.39 is 218 Å². The first kappa shape index (κ1) is 66.0. The Morgan fingerprint density at radius 2 is 0.590 bits per heavy atom. The summed E-state index contributed by atoms with van der Waals surface area (Å²) in [5, 5.41) is 2.42. The van der Waals surface area contributed by atoms with Gasteiger partial charge in [-0.2, -0.15) is 0 Å². The van der Waals surface area contributed by atoms with Crippen molar-refractivity contribution >= 4 is 72.4 Å². The van der Waals surface area contributed by atoms with Gasteiger partial charge in [-0.3, -0.25) is 108 Å². The number of hydrazine groups is 1. The van der Waals surface area contributed by atoms with Crippen molar-refractivity contribution in [1.29, 1.82) is 0 Å². The van der Waals surface area contributed by atoms with Crippen molar-refractivity contribution in [2.24, 2.45) is 17.4 Å². The van der Waals surface area contributed by atoms with Crippen LogP contribution in [0.15, 0.2) is 24.3 Å². The Morgan fingerprint density at radius 1 is 0.324 bits per heavy atom. The third kappa shape index (κ3) is 8.67. The number of nitrogens with two attached hydrogens (primary N) is 2. The van der Waals surface area contributed by atoms with E-state index in [4.69, 9.17) is 11.5 Å². The van der Waals surface area contributed by atoms with Crippen LogP contribution in [0.2, 0.25) is 0 Å². The first-order valence-electron chi connectivity index (χ1n) is 37.4. The van der Waals surface area contributed by atoms with Crippen LogP contribution in [-0.2, 0) is 13.1 Å². The molecule has 23 rings (SSSR count). The molecule has 12 bridgehead atoms. The number of rotatable bonds is 9. The second-order valence-corrected chi connectivity index (χ2v) is 32.4. The highest BCUT2D eigenvalue weighted by atomic mass is 16.3. The summed E-state index contributed by atoms with van der Waals surface area (Å²) in [6.45, 7) is -0.324. The molecule has 1 spiro atoms. The molecule has 19 aliphatic heterocycles. The molecule has 0 aromatic heterocycles. The number of unbranched alkanes of at least 4 members (excludes halogenated alkanes) is 3.